The first kappa shape index (κ1) is 15.8. The molecule has 21 heavy (non-hydrogen) atoms. The Morgan fingerprint density at radius 1 is 1.38 bits per heavy atom. The summed E-state index contributed by atoms with van der Waals surface area (Å²) in [4.78, 5) is 14.4. The van der Waals surface area contributed by atoms with Gasteiger partial charge in [-0.3, -0.25) is 9.69 Å². The Labute approximate surface area is 126 Å². The van der Waals surface area contributed by atoms with Crippen LogP contribution in [0.4, 0.5) is 0 Å². The van der Waals surface area contributed by atoms with E-state index < -0.39 is 0 Å². The number of rotatable bonds is 6. The van der Waals surface area contributed by atoms with Crippen LogP contribution in [0.2, 0.25) is 0 Å². The maximum absolute atomic E-state index is 12.1. The number of hydrogen-bond acceptors (Lipinski definition) is 4. The van der Waals surface area contributed by atoms with Gasteiger partial charge >= 0.3 is 0 Å². The molecular weight excluding hydrogens is 268 g/mol. The van der Waals surface area contributed by atoms with Gasteiger partial charge in [-0.25, -0.2) is 0 Å². The van der Waals surface area contributed by atoms with Crippen LogP contribution in [-0.2, 0) is 4.74 Å². The predicted octanol–water partition coefficient (Wildman–Crippen LogP) is 1.46. The Balaban J connectivity index is 1.81. The van der Waals surface area contributed by atoms with Crippen molar-refractivity contribution in [3.05, 3.63) is 29.3 Å². The summed E-state index contributed by atoms with van der Waals surface area (Å²) in [6.45, 7) is 9.51. The van der Waals surface area contributed by atoms with E-state index in [1.54, 1.807) is 0 Å². The van der Waals surface area contributed by atoms with Crippen molar-refractivity contribution in [2.24, 2.45) is 0 Å². The number of amides is 1. The monoisotopic (exact) mass is 292 g/mol. The molecule has 0 saturated carbocycles. The van der Waals surface area contributed by atoms with E-state index in [-0.39, 0.29) is 5.91 Å². The third kappa shape index (κ3) is 4.72. The zero-order valence-corrected chi connectivity index (χ0v) is 12.9. The normalized spacial score (nSPS) is 15.7. The molecule has 1 aromatic rings. The Hall–Kier alpha value is -1.59. The van der Waals surface area contributed by atoms with Gasteiger partial charge in [0, 0.05) is 31.7 Å². The zero-order chi connectivity index (χ0) is 15.1. The molecule has 1 N–H and O–H groups in total. The van der Waals surface area contributed by atoms with Gasteiger partial charge in [0.2, 0.25) is 0 Å². The first-order valence-corrected chi connectivity index (χ1v) is 7.52. The van der Waals surface area contributed by atoms with Crippen LogP contribution in [0, 0.1) is 6.92 Å². The van der Waals surface area contributed by atoms with Crippen LogP contribution in [0.1, 0.15) is 22.8 Å². The quantitative estimate of drug-likeness (QED) is 0.862. The van der Waals surface area contributed by atoms with Gasteiger partial charge in [-0.05, 0) is 37.6 Å². The van der Waals surface area contributed by atoms with Crippen LogP contribution in [-0.4, -0.2) is 56.8 Å². The Morgan fingerprint density at radius 3 is 2.81 bits per heavy atom. The standard InChI is InChI=1S/C16H24N2O3/c1-3-21-15-5-4-14(12-13(15)2)16(19)17-6-7-18-8-10-20-11-9-18/h4-5,12H,3,6-11H2,1-2H3,(H,17,19). The summed E-state index contributed by atoms with van der Waals surface area (Å²) >= 11 is 0. The molecule has 0 aliphatic carbocycles. The van der Waals surface area contributed by atoms with Crippen LogP contribution < -0.4 is 10.1 Å². The van der Waals surface area contributed by atoms with E-state index >= 15 is 0 Å². The number of carbonyl (C=O) groups is 1. The van der Waals surface area contributed by atoms with Crippen molar-refractivity contribution in [3.8, 4) is 5.75 Å². The Morgan fingerprint density at radius 2 is 2.14 bits per heavy atom. The number of nitrogens with one attached hydrogen (secondary N) is 1. The van der Waals surface area contributed by atoms with Gasteiger partial charge in [0.1, 0.15) is 5.75 Å². The number of aryl methyl sites for hydroxylation is 1. The van der Waals surface area contributed by atoms with Crippen molar-refractivity contribution < 1.29 is 14.3 Å². The maximum atomic E-state index is 12.1. The molecular formula is C16H24N2O3. The van der Waals surface area contributed by atoms with E-state index in [0.29, 0.717) is 18.7 Å². The molecule has 1 aromatic carbocycles. The van der Waals surface area contributed by atoms with Gasteiger partial charge in [0.05, 0.1) is 19.8 Å². The molecule has 0 radical (unpaired) electrons. The lowest BCUT2D eigenvalue weighted by Crippen LogP contribution is -2.41. The van der Waals surface area contributed by atoms with Gasteiger partial charge in [0.25, 0.3) is 5.91 Å². The fourth-order valence-electron chi connectivity index (χ4n) is 2.36. The molecule has 1 aliphatic heterocycles. The largest absolute Gasteiger partial charge is 0.494 e. The lowest BCUT2D eigenvalue weighted by atomic mass is 10.1. The minimum Gasteiger partial charge on any atom is -0.494 e. The molecule has 2 rings (SSSR count). The number of carbonyl (C=O) groups excluding carboxylic acids is 1. The van der Waals surface area contributed by atoms with Crippen molar-refractivity contribution in [3.63, 3.8) is 0 Å². The van der Waals surface area contributed by atoms with E-state index in [4.69, 9.17) is 9.47 Å². The Kier molecular flexibility index (Phi) is 6.02. The van der Waals surface area contributed by atoms with Crippen molar-refractivity contribution in [1.29, 1.82) is 0 Å². The number of ether oxygens (including phenoxy) is 2. The van der Waals surface area contributed by atoms with Gasteiger partial charge < -0.3 is 14.8 Å². The second-order valence-electron chi connectivity index (χ2n) is 5.12. The first-order valence-electron chi connectivity index (χ1n) is 7.52. The predicted molar refractivity (Wildman–Crippen MR) is 81.9 cm³/mol. The molecule has 0 atom stereocenters. The molecule has 116 valence electrons. The van der Waals surface area contributed by atoms with E-state index in [1.165, 1.54) is 0 Å². The molecule has 1 fully saturated rings. The minimum absolute atomic E-state index is 0.0330. The van der Waals surface area contributed by atoms with Crippen LogP contribution in [0.5, 0.6) is 5.75 Å². The fraction of sp³-hybridized carbons (Fsp3) is 0.562. The first-order chi connectivity index (χ1) is 10.2. The van der Waals surface area contributed by atoms with Crippen LogP contribution in [0.25, 0.3) is 0 Å². The van der Waals surface area contributed by atoms with E-state index in [1.807, 2.05) is 32.0 Å². The highest BCUT2D eigenvalue weighted by Gasteiger charge is 2.11. The molecule has 0 unspecified atom stereocenters. The molecule has 1 saturated heterocycles. The summed E-state index contributed by atoms with van der Waals surface area (Å²) < 4.78 is 10.8. The third-order valence-corrected chi connectivity index (χ3v) is 3.55. The van der Waals surface area contributed by atoms with Crippen molar-refractivity contribution >= 4 is 5.91 Å². The van der Waals surface area contributed by atoms with Crippen molar-refractivity contribution in [2.45, 2.75) is 13.8 Å². The summed E-state index contributed by atoms with van der Waals surface area (Å²) in [5.41, 5.74) is 1.66. The van der Waals surface area contributed by atoms with Gasteiger partial charge in [-0.1, -0.05) is 0 Å². The third-order valence-electron chi connectivity index (χ3n) is 3.55. The lowest BCUT2D eigenvalue weighted by Gasteiger charge is -2.26. The van der Waals surface area contributed by atoms with Crippen LogP contribution >= 0.6 is 0 Å². The highest BCUT2D eigenvalue weighted by atomic mass is 16.5. The summed E-state index contributed by atoms with van der Waals surface area (Å²) in [7, 11) is 0. The van der Waals surface area contributed by atoms with Crippen LogP contribution in [0.3, 0.4) is 0 Å². The molecule has 0 aromatic heterocycles. The molecule has 0 bridgehead atoms. The highest BCUT2D eigenvalue weighted by Crippen LogP contribution is 2.18. The zero-order valence-electron chi connectivity index (χ0n) is 12.9. The minimum atomic E-state index is -0.0330. The van der Waals surface area contributed by atoms with Crippen molar-refractivity contribution in [2.75, 3.05) is 46.0 Å². The molecule has 1 heterocycles. The summed E-state index contributed by atoms with van der Waals surface area (Å²) in [5.74, 6) is 0.803. The number of nitrogens with zero attached hydrogens (tertiary/aromatic N) is 1. The second kappa shape index (κ2) is 8.00. The molecule has 1 amide bonds. The van der Waals surface area contributed by atoms with E-state index in [2.05, 4.69) is 10.2 Å². The molecule has 0 spiro atoms. The van der Waals surface area contributed by atoms with Crippen molar-refractivity contribution in [1.82, 2.24) is 10.2 Å². The smallest absolute Gasteiger partial charge is 0.251 e. The van der Waals surface area contributed by atoms with Gasteiger partial charge in [-0.15, -0.1) is 0 Å². The number of hydrogen-bond donors (Lipinski definition) is 1. The SMILES string of the molecule is CCOc1ccc(C(=O)NCCN2CCOCC2)cc1C. The highest BCUT2D eigenvalue weighted by molar-refractivity contribution is 5.94. The fourth-order valence-corrected chi connectivity index (χ4v) is 2.36. The molecule has 5 heteroatoms. The summed E-state index contributed by atoms with van der Waals surface area (Å²) in [5, 5.41) is 2.96. The average Bonchev–Trinajstić information content (AvgIpc) is 2.50. The average molecular weight is 292 g/mol. The number of benzene rings is 1. The topological polar surface area (TPSA) is 50.8 Å². The van der Waals surface area contributed by atoms with E-state index in [0.717, 1.165) is 44.2 Å². The number of morpholine rings is 1. The maximum Gasteiger partial charge on any atom is 0.251 e. The molecule has 5 nitrogen and oxygen atoms in total. The van der Waals surface area contributed by atoms with E-state index in [9.17, 15) is 4.79 Å². The lowest BCUT2D eigenvalue weighted by molar-refractivity contribution is 0.0383. The van der Waals surface area contributed by atoms with Gasteiger partial charge in [-0.2, -0.15) is 0 Å². The molecule has 1 aliphatic rings. The van der Waals surface area contributed by atoms with Crippen LogP contribution in [0.15, 0.2) is 18.2 Å². The Bertz CT molecular complexity index is 471. The summed E-state index contributed by atoms with van der Waals surface area (Å²) in [6, 6.07) is 5.53. The summed E-state index contributed by atoms with van der Waals surface area (Å²) in [6.07, 6.45) is 0. The van der Waals surface area contributed by atoms with Gasteiger partial charge in [0.15, 0.2) is 0 Å². The second-order valence-corrected chi connectivity index (χ2v) is 5.12.